The summed E-state index contributed by atoms with van der Waals surface area (Å²) in [4.78, 5) is 31.0. The molecule has 2 heterocycles. The molecular weight excluding hydrogens is 448 g/mol. The Balaban J connectivity index is 1.54. The van der Waals surface area contributed by atoms with Gasteiger partial charge in [-0.25, -0.2) is 4.98 Å². The van der Waals surface area contributed by atoms with Crippen LogP contribution in [0.15, 0.2) is 47.1 Å². The number of piperidine rings is 1. The Morgan fingerprint density at radius 1 is 1.24 bits per heavy atom. The molecule has 1 fully saturated rings. The van der Waals surface area contributed by atoms with Crippen LogP contribution in [0, 0.1) is 5.92 Å². The van der Waals surface area contributed by atoms with E-state index in [0.29, 0.717) is 30.9 Å². The van der Waals surface area contributed by atoms with Gasteiger partial charge < -0.3 is 15.0 Å². The van der Waals surface area contributed by atoms with Gasteiger partial charge in [0, 0.05) is 23.8 Å². The number of aromatic nitrogens is 1. The van der Waals surface area contributed by atoms with Crippen molar-refractivity contribution in [1.29, 1.82) is 0 Å². The van der Waals surface area contributed by atoms with Crippen molar-refractivity contribution in [3.8, 4) is 5.75 Å². The zero-order valence-electron chi connectivity index (χ0n) is 15.5. The van der Waals surface area contributed by atoms with Crippen LogP contribution in [0.2, 0.25) is 0 Å². The zero-order chi connectivity index (χ0) is 20.8. The minimum absolute atomic E-state index is 0.0486. The van der Waals surface area contributed by atoms with Crippen molar-refractivity contribution in [1.82, 2.24) is 9.88 Å². The molecule has 1 atom stereocenters. The maximum atomic E-state index is 12.6. The Kier molecular flexibility index (Phi) is 7.13. The normalized spacial score (nSPS) is 16.6. The summed E-state index contributed by atoms with van der Waals surface area (Å²) in [7, 11) is 0. The molecule has 0 aliphatic carbocycles. The SMILES string of the molecule is O=C(Nc1ccc(Br)cn1)C1CCCN(C(=O)Cc2ccc(OC(F)F)cc2)C1. The molecule has 2 amide bonds. The Labute approximate surface area is 175 Å². The van der Waals surface area contributed by atoms with E-state index in [0.717, 1.165) is 10.9 Å². The largest absolute Gasteiger partial charge is 0.435 e. The number of amides is 2. The van der Waals surface area contributed by atoms with Gasteiger partial charge in [0.05, 0.1) is 12.3 Å². The van der Waals surface area contributed by atoms with Gasteiger partial charge in [0.1, 0.15) is 11.6 Å². The van der Waals surface area contributed by atoms with Crippen molar-refractivity contribution >= 4 is 33.6 Å². The summed E-state index contributed by atoms with van der Waals surface area (Å²) in [6, 6.07) is 9.48. The highest BCUT2D eigenvalue weighted by molar-refractivity contribution is 9.10. The van der Waals surface area contributed by atoms with Crippen LogP contribution in [0.5, 0.6) is 5.75 Å². The van der Waals surface area contributed by atoms with Gasteiger partial charge in [-0.2, -0.15) is 8.78 Å². The number of halogens is 3. The standard InChI is InChI=1S/C20H20BrF2N3O3/c21-15-5-8-17(24-11-15)25-19(28)14-2-1-9-26(12-14)18(27)10-13-3-6-16(7-4-13)29-20(22)23/h3-8,11,14,20H,1-2,9-10,12H2,(H,24,25,28). The van der Waals surface area contributed by atoms with Crippen LogP contribution in [-0.4, -0.2) is 41.4 Å². The number of likely N-dealkylation sites (tertiary alicyclic amines) is 1. The van der Waals surface area contributed by atoms with Crippen molar-refractivity contribution in [3.63, 3.8) is 0 Å². The number of benzene rings is 1. The molecule has 0 bridgehead atoms. The van der Waals surface area contributed by atoms with E-state index in [-0.39, 0.29) is 29.9 Å². The lowest BCUT2D eigenvalue weighted by molar-refractivity contribution is -0.133. The number of hydrogen-bond acceptors (Lipinski definition) is 4. The van der Waals surface area contributed by atoms with E-state index in [1.807, 2.05) is 0 Å². The number of anilines is 1. The molecule has 1 aliphatic rings. The second-order valence-corrected chi connectivity index (χ2v) is 7.64. The average molecular weight is 468 g/mol. The fourth-order valence-corrected chi connectivity index (χ4v) is 3.41. The summed E-state index contributed by atoms with van der Waals surface area (Å²) in [6.45, 7) is -1.95. The van der Waals surface area contributed by atoms with Crippen LogP contribution in [0.25, 0.3) is 0 Å². The quantitative estimate of drug-likeness (QED) is 0.699. The van der Waals surface area contributed by atoms with E-state index in [1.54, 1.807) is 35.4 Å². The molecule has 2 aromatic rings. The van der Waals surface area contributed by atoms with Gasteiger partial charge in [-0.1, -0.05) is 12.1 Å². The van der Waals surface area contributed by atoms with Crippen molar-refractivity contribution < 1.29 is 23.1 Å². The lowest BCUT2D eigenvalue weighted by Gasteiger charge is -2.32. The molecule has 1 saturated heterocycles. The molecule has 1 aliphatic heterocycles. The topological polar surface area (TPSA) is 71.5 Å². The Bertz CT molecular complexity index is 847. The molecule has 1 aromatic heterocycles. The fraction of sp³-hybridized carbons (Fsp3) is 0.350. The predicted molar refractivity (Wildman–Crippen MR) is 107 cm³/mol. The summed E-state index contributed by atoms with van der Waals surface area (Å²) < 4.78 is 29.5. The van der Waals surface area contributed by atoms with Gasteiger partial charge in [0.15, 0.2) is 0 Å². The molecule has 9 heteroatoms. The van der Waals surface area contributed by atoms with E-state index in [9.17, 15) is 18.4 Å². The molecule has 1 aromatic carbocycles. The molecule has 0 spiro atoms. The Morgan fingerprint density at radius 3 is 2.66 bits per heavy atom. The third-order valence-electron chi connectivity index (χ3n) is 4.63. The number of carbonyl (C=O) groups is 2. The Hall–Kier alpha value is -2.55. The zero-order valence-corrected chi connectivity index (χ0v) is 17.1. The predicted octanol–water partition coefficient (Wildman–Crippen LogP) is 3.87. The van der Waals surface area contributed by atoms with Gasteiger partial charge in [0.25, 0.3) is 0 Å². The lowest BCUT2D eigenvalue weighted by Crippen LogP contribution is -2.44. The van der Waals surface area contributed by atoms with Crippen LogP contribution in [0.4, 0.5) is 14.6 Å². The second-order valence-electron chi connectivity index (χ2n) is 6.73. The van der Waals surface area contributed by atoms with Crippen molar-refractivity contribution in [2.45, 2.75) is 25.9 Å². The number of rotatable bonds is 6. The number of ether oxygens (including phenoxy) is 1. The number of nitrogens with one attached hydrogen (secondary N) is 1. The molecule has 1 unspecified atom stereocenters. The first-order valence-corrected chi connectivity index (χ1v) is 9.94. The third kappa shape index (κ3) is 6.22. The molecule has 6 nitrogen and oxygen atoms in total. The Morgan fingerprint density at radius 2 is 2.00 bits per heavy atom. The van der Waals surface area contributed by atoms with Crippen LogP contribution in [0.1, 0.15) is 18.4 Å². The summed E-state index contributed by atoms with van der Waals surface area (Å²) >= 11 is 3.29. The molecule has 1 N–H and O–H groups in total. The smallest absolute Gasteiger partial charge is 0.387 e. The minimum atomic E-state index is -2.88. The van der Waals surface area contributed by atoms with E-state index in [4.69, 9.17) is 0 Å². The summed E-state index contributed by atoms with van der Waals surface area (Å²) in [5.41, 5.74) is 0.697. The summed E-state index contributed by atoms with van der Waals surface area (Å²) in [5, 5.41) is 2.79. The number of alkyl halides is 2. The van der Waals surface area contributed by atoms with E-state index in [1.165, 1.54) is 12.1 Å². The minimum Gasteiger partial charge on any atom is -0.435 e. The molecular formula is C20H20BrF2N3O3. The van der Waals surface area contributed by atoms with Gasteiger partial charge in [-0.15, -0.1) is 0 Å². The van der Waals surface area contributed by atoms with Crippen LogP contribution in [0.3, 0.4) is 0 Å². The summed E-state index contributed by atoms with van der Waals surface area (Å²) in [5.74, 6) is -0.0576. The molecule has 3 rings (SSSR count). The van der Waals surface area contributed by atoms with Crippen LogP contribution >= 0.6 is 15.9 Å². The molecule has 0 radical (unpaired) electrons. The number of hydrogen-bond donors (Lipinski definition) is 1. The average Bonchev–Trinajstić information content (AvgIpc) is 2.71. The lowest BCUT2D eigenvalue weighted by atomic mass is 9.96. The summed E-state index contributed by atoms with van der Waals surface area (Å²) in [6.07, 6.45) is 3.17. The first kappa shape index (κ1) is 21.2. The van der Waals surface area contributed by atoms with Gasteiger partial charge in [0.2, 0.25) is 11.8 Å². The molecule has 29 heavy (non-hydrogen) atoms. The van der Waals surface area contributed by atoms with E-state index in [2.05, 4.69) is 31.0 Å². The highest BCUT2D eigenvalue weighted by atomic mass is 79.9. The van der Waals surface area contributed by atoms with Crippen molar-refractivity contribution in [2.75, 3.05) is 18.4 Å². The monoisotopic (exact) mass is 467 g/mol. The number of pyridine rings is 1. The highest BCUT2D eigenvalue weighted by Crippen LogP contribution is 2.21. The maximum Gasteiger partial charge on any atom is 0.387 e. The van der Waals surface area contributed by atoms with Crippen molar-refractivity contribution in [2.24, 2.45) is 5.92 Å². The van der Waals surface area contributed by atoms with Crippen molar-refractivity contribution in [3.05, 3.63) is 52.6 Å². The number of nitrogens with zero attached hydrogens (tertiary/aromatic N) is 2. The van der Waals surface area contributed by atoms with Gasteiger partial charge >= 0.3 is 6.61 Å². The second kappa shape index (κ2) is 9.78. The van der Waals surface area contributed by atoms with Crippen LogP contribution in [-0.2, 0) is 16.0 Å². The van der Waals surface area contributed by atoms with Gasteiger partial charge in [-0.05, 0) is 58.6 Å². The van der Waals surface area contributed by atoms with E-state index < -0.39 is 6.61 Å². The highest BCUT2D eigenvalue weighted by Gasteiger charge is 2.28. The van der Waals surface area contributed by atoms with Crippen LogP contribution < -0.4 is 10.1 Å². The third-order valence-corrected chi connectivity index (χ3v) is 5.10. The first-order chi connectivity index (χ1) is 13.9. The molecule has 154 valence electrons. The maximum absolute atomic E-state index is 12.6. The van der Waals surface area contributed by atoms with E-state index >= 15 is 0 Å². The molecule has 0 saturated carbocycles. The number of carbonyl (C=O) groups excluding carboxylic acids is 2. The fourth-order valence-electron chi connectivity index (χ4n) is 3.17. The first-order valence-electron chi connectivity index (χ1n) is 9.14. The van der Waals surface area contributed by atoms with Gasteiger partial charge in [-0.3, -0.25) is 9.59 Å².